The molecule has 90 valence electrons. The number of rotatable bonds is 5. The topological polar surface area (TPSA) is 38.1 Å². The molecule has 0 saturated carbocycles. The molecule has 0 spiro atoms. The molecule has 0 aliphatic heterocycles. The van der Waals surface area contributed by atoms with Crippen LogP contribution in [0.25, 0.3) is 0 Å². The Morgan fingerprint density at radius 2 is 2.35 bits per heavy atom. The first kappa shape index (κ1) is 12.2. The van der Waals surface area contributed by atoms with Crippen LogP contribution in [-0.2, 0) is 12.3 Å². The number of hydrogen-bond donors (Lipinski definition) is 1. The molecule has 0 unspecified atom stereocenters. The monoisotopic (exact) mass is 248 g/mol. The van der Waals surface area contributed by atoms with Gasteiger partial charge in [-0.2, -0.15) is 0 Å². The molecule has 3 nitrogen and oxygen atoms in total. The number of thioether (sulfide) groups is 1. The van der Waals surface area contributed by atoms with E-state index in [1.807, 2.05) is 25.4 Å². The molecule has 0 aromatic carbocycles. The zero-order valence-corrected chi connectivity index (χ0v) is 10.9. The van der Waals surface area contributed by atoms with Gasteiger partial charge in [-0.25, -0.2) is 4.98 Å². The Labute approximate surface area is 106 Å². The average molecular weight is 248 g/mol. The highest BCUT2D eigenvalue weighted by Gasteiger charge is 2.04. The van der Waals surface area contributed by atoms with E-state index < -0.39 is 0 Å². The Bertz CT molecular complexity index is 468. The molecular weight excluding hydrogens is 232 g/mol. The van der Waals surface area contributed by atoms with E-state index in [1.165, 1.54) is 11.1 Å². The first-order valence-corrected chi connectivity index (χ1v) is 6.53. The fourth-order valence-corrected chi connectivity index (χ4v) is 2.46. The molecule has 2 rings (SSSR count). The average Bonchev–Trinajstić information content (AvgIpc) is 2.81. The van der Waals surface area contributed by atoms with Gasteiger partial charge in [0, 0.05) is 12.7 Å². The smallest absolute Gasteiger partial charge is 0.114 e. The second-order valence-electron chi connectivity index (χ2n) is 3.86. The maximum absolute atomic E-state index is 5.30. The molecule has 2 aromatic rings. The lowest BCUT2D eigenvalue weighted by molar-refractivity contribution is 0.530. The third-order valence-corrected chi connectivity index (χ3v) is 3.53. The molecule has 17 heavy (non-hydrogen) atoms. The second-order valence-corrected chi connectivity index (χ2v) is 4.83. The standard InChI is InChI=1S/C13H16N2OS/c1-10-6-11(7-14-2)8-15-13(10)17-9-12-4-3-5-16-12/h3-6,8,14H,7,9H2,1-2H3. The number of pyridine rings is 1. The van der Waals surface area contributed by atoms with E-state index in [2.05, 4.69) is 23.3 Å². The van der Waals surface area contributed by atoms with E-state index >= 15 is 0 Å². The molecule has 2 heterocycles. The summed E-state index contributed by atoms with van der Waals surface area (Å²) in [5, 5.41) is 4.19. The molecule has 0 bridgehead atoms. The van der Waals surface area contributed by atoms with Crippen molar-refractivity contribution >= 4 is 11.8 Å². The number of aromatic nitrogens is 1. The summed E-state index contributed by atoms with van der Waals surface area (Å²) in [5.41, 5.74) is 2.43. The molecule has 0 amide bonds. The van der Waals surface area contributed by atoms with Gasteiger partial charge in [0.1, 0.15) is 5.76 Å². The van der Waals surface area contributed by atoms with E-state index in [-0.39, 0.29) is 0 Å². The summed E-state index contributed by atoms with van der Waals surface area (Å²) in [5.74, 6) is 1.81. The van der Waals surface area contributed by atoms with E-state index in [1.54, 1.807) is 18.0 Å². The Morgan fingerprint density at radius 3 is 3.00 bits per heavy atom. The lowest BCUT2D eigenvalue weighted by atomic mass is 10.2. The van der Waals surface area contributed by atoms with Gasteiger partial charge < -0.3 is 9.73 Å². The number of furan rings is 1. The molecule has 0 aliphatic rings. The predicted molar refractivity (Wildman–Crippen MR) is 70.0 cm³/mol. The van der Waals surface area contributed by atoms with Gasteiger partial charge in [-0.15, -0.1) is 0 Å². The van der Waals surface area contributed by atoms with Crippen molar-refractivity contribution in [3.8, 4) is 0 Å². The van der Waals surface area contributed by atoms with Crippen molar-refractivity contribution in [3.05, 3.63) is 47.5 Å². The molecule has 1 N–H and O–H groups in total. The maximum atomic E-state index is 5.30. The summed E-state index contributed by atoms with van der Waals surface area (Å²) < 4.78 is 5.30. The van der Waals surface area contributed by atoms with Crippen LogP contribution in [0.5, 0.6) is 0 Å². The minimum Gasteiger partial charge on any atom is -0.468 e. The van der Waals surface area contributed by atoms with Crippen LogP contribution in [0, 0.1) is 6.92 Å². The van der Waals surface area contributed by atoms with Crippen LogP contribution in [0.15, 0.2) is 40.1 Å². The highest BCUT2D eigenvalue weighted by Crippen LogP contribution is 2.24. The molecule has 2 aromatic heterocycles. The van der Waals surface area contributed by atoms with Crippen molar-refractivity contribution in [3.63, 3.8) is 0 Å². The minimum absolute atomic E-state index is 0.826. The molecule has 0 atom stereocenters. The molecule has 0 saturated heterocycles. The summed E-state index contributed by atoms with van der Waals surface area (Å²) in [6, 6.07) is 6.07. The number of nitrogens with zero attached hydrogens (tertiary/aromatic N) is 1. The Hall–Kier alpha value is -1.26. The van der Waals surface area contributed by atoms with Gasteiger partial charge in [0.25, 0.3) is 0 Å². The van der Waals surface area contributed by atoms with Crippen LogP contribution in [0.4, 0.5) is 0 Å². The quantitative estimate of drug-likeness (QED) is 0.825. The summed E-state index contributed by atoms with van der Waals surface area (Å²) >= 11 is 1.71. The molecule has 0 aliphatic carbocycles. The van der Waals surface area contributed by atoms with Crippen molar-refractivity contribution in [1.29, 1.82) is 0 Å². The number of hydrogen-bond acceptors (Lipinski definition) is 4. The third-order valence-electron chi connectivity index (χ3n) is 2.40. The third kappa shape index (κ3) is 3.35. The van der Waals surface area contributed by atoms with Crippen LogP contribution in [0.3, 0.4) is 0 Å². The zero-order valence-electron chi connectivity index (χ0n) is 10.1. The zero-order chi connectivity index (χ0) is 12.1. The van der Waals surface area contributed by atoms with Crippen LogP contribution in [-0.4, -0.2) is 12.0 Å². The summed E-state index contributed by atoms with van der Waals surface area (Å²) in [6.45, 7) is 2.95. The van der Waals surface area contributed by atoms with Gasteiger partial charge in [0.2, 0.25) is 0 Å². The molecule has 4 heteroatoms. The Kier molecular flexibility index (Phi) is 4.23. The van der Waals surface area contributed by atoms with Gasteiger partial charge >= 0.3 is 0 Å². The highest BCUT2D eigenvalue weighted by molar-refractivity contribution is 7.98. The van der Waals surface area contributed by atoms with Crippen LogP contribution < -0.4 is 5.32 Å². The minimum atomic E-state index is 0.826. The van der Waals surface area contributed by atoms with Gasteiger partial charge in [-0.05, 0) is 37.2 Å². The number of aryl methyl sites for hydroxylation is 1. The largest absolute Gasteiger partial charge is 0.468 e. The van der Waals surface area contributed by atoms with Crippen molar-refractivity contribution in [2.45, 2.75) is 24.2 Å². The van der Waals surface area contributed by atoms with Crippen LogP contribution in [0.2, 0.25) is 0 Å². The lowest BCUT2D eigenvalue weighted by Crippen LogP contribution is -2.05. The molecule has 0 radical (unpaired) electrons. The predicted octanol–water partition coefficient (Wildman–Crippen LogP) is 2.99. The fourth-order valence-electron chi connectivity index (χ4n) is 1.61. The number of nitrogens with one attached hydrogen (secondary N) is 1. The van der Waals surface area contributed by atoms with E-state index in [0.717, 1.165) is 23.1 Å². The van der Waals surface area contributed by atoms with Gasteiger partial charge in [-0.3, -0.25) is 0 Å². The summed E-state index contributed by atoms with van der Waals surface area (Å²) in [6.07, 6.45) is 3.63. The van der Waals surface area contributed by atoms with E-state index in [9.17, 15) is 0 Å². The van der Waals surface area contributed by atoms with Crippen molar-refractivity contribution in [1.82, 2.24) is 10.3 Å². The fraction of sp³-hybridized carbons (Fsp3) is 0.308. The Morgan fingerprint density at radius 1 is 1.47 bits per heavy atom. The maximum Gasteiger partial charge on any atom is 0.114 e. The van der Waals surface area contributed by atoms with Gasteiger partial charge in [-0.1, -0.05) is 17.8 Å². The first-order chi connectivity index (χ1) is 8.29. The summed E-state index contributed by atoms with van der Waals surface area (Å²) in [7, 11) is 1.94. The lowest BCUT2D eigenvalue weighted by Gasteiger charge is -2.06. The molecular formula is C13H16N2OS. The van der Waals surface area contributed by atoms with Crippen LogP contribution in [0.1, 0.15) is 16.9 Å². The van der Waals surface area contributed by atoms with Gasteiger partial charge in [0.15, 0.2) is 0 Å². The first-order valence-electron chi connectivity index (χ1n) is 5.55. The van der Waals surface area contributed by atoms with Gasteiger partial charge in [0.05, 0.1) is 17.0 Å². The van der Waals surface area contributed by atoms with E-state index in [4.69, 9.17) is 4.42 Å². The second kappa shape index (κ2) is 5.89. The van der Waals surface area contributed by atoms with Crippen LogP contribution >= 0.6 is 11.8 Å². The highest BCUT2D eigenvalue weighted by atomic mass is 32.2. The van der Waals surface area contributed by atoms with E-state index in [0.29, 0.717) is 0 Å². The van der Waals surface area contributed by atoms with Crippen molar-refractivity contribution in [2.24, 2.45) is 0 Å². The van der Waals surface area contributed by atoms with Crippen molar-refractivity contribution < 1.29 is 4.42 Å². The Balaban J connectivity index is 2.01. The SMILES string of the molecule is CNCc1cnc(SCc2ccco2)c(C)c1. The van der Waals surface area contributed by atoms with Crippen molar-refractivity contribution in [2.75, 3.05) is 7.05 Å². The normalized spacial score (nSPS) is 10.7. The summed E-state index contributed by atoms with van der Waals surface area (Å²) in [4.78, 5) is 4.48. The molecule has 0 fully saturated rings.